The third kappa shape index (κ3) is 2.92. The highest BCUT2D eigenvalue weighted by Gasteiger charge is 2.12. The van der Waals surface area contributed by atoms with Gasteiger partial charge in [-0.05, 0) is 12.8 Å². The van der Waals surface area contributed by atoms with Crippen molar-refractivity contribution in [1.82, 2.24) is 4.98 Å². The zero-order chi connectivity index (χ0) is 12.1. The summed E-state index contributed by atoms with van der Waals surface area (Å²) >= 11 is 5.88. The Balaban J connectivity index is 2.98. The lowest BCUT2D eigenvalue weighted by Gasteiger charge is -2.18. The molecule has 0 atom stereocenters. The molecule has 0 saturated heterocycles. The zero-order valence-electron chi connectivity index (χ0n) is 9.88. The topological polar surface area (TPSA) is 60.2 Å². The molecular formula is C11H18ClN3O. The standard InChI is InChI=1S/C11H18ClN3O/c1-4-7(5-2)14-11-10(13)8(16-3)6-9(12)15-11/h6-7H,4-5,13H2,1-3H3,(H,14,15). The van der Waals surface area contributed by atoms with E-state index in [1.54, 1.807) is 13.2 Å². The minimum absolute atomic E-state index is 0.345. The number of nitrogens with zero attached hydrogens (tertiary/aromatic N) is 1. The van der Waals surface area contributed by atoms with Crippen molar-refractivity contribution in [3.8, 4) is 5.75 Å². The fraction of sp³-hybridized carbons (Fsp3) is 0.545. The average molecular weight is 244 g/mol. The van der Waals surface area contributed by atoms with Crippen LogP contribution in [0.4, 0.5) is 11.5 Å². The molecule has 0 aromatic carbocycles. The highest BCUT2D eigenvalue weighted by atomic mass is 35.5. The van der Waals surface area contributed by atoms with Gasteiger partial charge < -0.3 is 15.8 Å². The van der Waals surface area contributed by atoms with E-state index >= 15 is 0 Å². The van der Waals surface area contributed by atoms with Crippen molar-refractivity contribution in [2.45, 2.75) is 32.7 Å². The van der Waals surface area contributed by atoms with Crippen molar-refractivity contribution in [2.24, 2.45) is 0 Å². The molecule has 3 N–H and O–H groups in total. The molecule has 0 unspecified atom stereocenters. The van der Waals surface area contributed by atoms with E-state index in [1.165, 1.54) is 0 Å². The predicted molar refractivity (Wildman–Crippen MR) is 68.2 cm³/mol. The molecule has 0 amide bonds. The number of hydrogen-bond acceptors (Lipinski definition) is 4. The molecule has 1 heterocycles. The number of nitrogen functional groups attached to an aromatic ring is 1. The van der Waals surface area contributed by atoms with Crippen LogP contribution < -0.4 is 15.8 Å². The number of pyridine rings is 1. The van der Waals surface area contributed by atoms with Crippen LogP contribution in [0.5, 0.6) is 5.75 Å². The van der Waals surface area contributed by atoms with E-state index in [2.05, 4.69) is 24.1 Å². The Kier molecular flexibility index (Phi) is 4.68. The number of anilines is 2. The maximum Gasteiger partial charge on any atom is 0.155 e. The van der Waals surface area contributed by atoms with Gasteiger partial charge in [0.2, 0.25) is 0 Å². The number of nitrogens with two attached hydrogens (primary N) is 1. The molecular weight excluding hydrogens is 226 g/mol. The Morgan fingerprint density at radius 1 is 1.50 bits per heavy atom. The van der Waals surface area contributed by atoms with Crippen LogP contribution in [0.1, 0.15) is 26.7 Å². The maximum absolute atomic E-state index is 5.91. The Morgan fingerprint density at radius 2 is 2.12 bits per heavy atom. The summed E-state index contributed by atoms with van der Waals surface area (Å²) in [6.07, 6.45) is 2.01. The molecule has 0 saturated carbocycles. The quantitative estimate of drug-likeness (QED) is 0.781. The summed E-state index contributed by atoms with van der Waals surface area (Å²) in [6, 6.07) is 1.95. The minimum atomic E-state index is 0.345. The minimum Gasteiger partial charge on any atom is -0.494 e. The second-order valence-electron chi connectivity index (χ2n) is 3.57. The van der Waals surface area contributed by atoms with Crippen LogP contribution in [0.15, 0.2) is 6.07 Å². The summed E-state index contributed by atoms with van der Waals surface area (Å²) < 4.78 is 5.13. The van der Waals surface area contributed by atoms with Crippen LogP contribution in [0, 0.1) is 0 Å². The average Bonchev–Trinajstić information content (AvgIpc) is 2.29. The smallest absolute Gasteiger partial charge is 0.155 e. The second-order valence-corrected chi connectivity index (χ2v) is 3.95. The fourth-order valence-corrected chi connectivity index (χ4v) is 1.65. The Labute approximate surface area is 101 Å². The number of halogens is 1. The Hall–Kier alpha value is -1.16. The molecule has 0 bridgehead atoms. The van der Waals surface area contributed by atoms with Gasteiger partial charge in [0.1, 0.15) is 16.6 Å². The summed E-state index contributed by atoms with van der Waals surface area (Å²) in [5, 5.41) is 3.64. The molecule has 0 aliphatic heterocycles. The van der Waals surface area contributed by atoms with Crippen molar-refractivity contribution in [2.75, 3.05) is 18.2 Å². The van der Waals surface area contributed by atoms with Gasteiger partial charge in [-0.2, -0.15) is 0 Å². The van der Waals surface area contributed by atoms with E-state index in [0.717, 1.165) is 12.8 Å². The number of methoxy groups -OCH3 is 1. The van der Waals surface area contributed by atoms with Crippen LogP contribution in [0.25, 0.3) is 0 Å². The predicted octanol–water partition coefficient (Wildman–Crippen LogP) is 2.93. The second kappa shape index (κ2) is 5.80. The molecule has 0 fully saturated rings. The number of hydrogen-bond donors (Lipinski definition) is 2. The number of rotatable bonds is 5. The lowest BCUT2D eigenvalue weighted by atomic mass is 10.2. The van der Waals surface area contributed by atoms with Crippen molar-refractivity contribution < 1.29 is 4.74 Å². The van der Waals surface area contributed by atoms with E-state index in [-0.39, 0.29) is 0 Å². The first kappa shape index (κ1) is 12.9. The van der Waals surface area contributed by atoms with Crippen LogP contribution in [0.3, 0.4) is 0 Å². The zero-order valence-corrected chi connectivity index (χ0v) is 10.6. The number of aromatic nitrogens is 1. The normalized spacial score (nSPS) is 10.6. The molecule has 0 aliphatic rings. The third-order valence-electron chi connectivity index (χ3n) is 2.54. The van der Waals surface area contributed by atoms with Gasteiger partial charge in [-0.15, -0.1) is 0 Å². The Bertz CT molecular complexity index is 353. The summed E-state index contributed by atoms with van der Waals surface area (Å²) in [7, 11) is 1.56. The van der Waals surface area contributed by atoms with Gasteiger partial charge in [-0.1, -0.05) is 25.4 Å². The molecule has 1 aromatic heterocycles. The highest BCUT2D eigenvalue weighted by molar-refractivity contribution is 6.29. The van der Waals surface area contributed by atoms with E-state index in [1.807, 2.05) is 0 Å². The van der Waals surface area contributed by atoms with Gasteiger partial charge in [0.25, 0.3) is 0 Å². The third-order valence-corrected chi connectivity index (χ3v) is 2.73. The molecule has 1 rings (SSSR count). The van der Waals surface area contributed by atoms with Gasteiger partial charge in [0.15, 0.2) is 5.82 Å². The van der Waals surface area contributed by atoms with Gasteiger partial charge in [0, 0.05) is 12.1 Å². The fourth-order valence-electron chi connectivity index (χ4n) is 1.47. The van der Waals surface area contributed by atoms with Crippen molar-refractivity contribution >= 4 is 23.1 Å². The Morgan fingerprint density at radius 3 is 2.62 bits per heavy atom. The molecule has 90 valence electrons. The monoisotopic (exact) mass is 243 g/mol. The highest BCUT2D eigenvalue weighted by Crippen LogP contribution is 2.31. The maximum atomic E-state index is 5.91. The van der Waals surface area contributed by atoms with Crippen LogP contribution in [0.2, 0.25) is 5.15 Å². The van der Waals surface area contributed by atoms with E-state index in [9.17, 15) is 0 Å². The van der Waals surface area contributed by atoms with E-state index < -0.39 is 0 Å². The molecule has 0 aliphatic carbocycles. The summed E-state index contributed by atoms with van der Waals surface area (Å²) in [4.78, 5) is 4.17. The summed E-state index contributed by atoms with van der Waals surface area (Å²) in [6.45, 7) is 4.22. The van der Waals surface area contributed by atoms with Crippen LogP contribution in [-0.2, 0) is 0 Å². The lowest BCUT2D eigenvalue weighted by Crippen LogP contribution is -2.19. The first-order valence-corrected chi connectivity index (χ1v) is 5.76. The first-order chi connectivity index (χ1) is 7.62. The molecule has 4 nitrogen and oxygen atoms in total. The van der Waals surface area contributed by atoms with Gasteiger partial charge in [-0.3, -0.25) is 0 Å². The van der Waals surface area contributed by atoms with Crippen molar-refractivity contribution in [3.05, 3.63) is 11.2 Å². The summed E-state index contributed by atoms with van der Waals surface area (Å²) in [5.41, 5.74) is 6.41. The molecule has 5 heteroatoms. The largest absolute Gasteiger partial charge is 0.494 e. The number of nitrogens with one attached hydrogen (secondary N) is 1. The summed E-state index contributed by atoms with van der Waals surface area (Å²) in [5.74, 6) is 1.14. The van der Waals surface area contributed by atoms with Crippen molar-refractivity contribution in [1.29, 1.82) is 0 Å². The van der Waals surface area contributed by atoms with Gasteiger partial charge in [0.05, 0.1) is 7.11 Å². The molecule has 1 aromatic rings. The van der Waals surface area contributed by atoms with Gasteiger partial charge >= 0.3 is 0 Å². The molecule has 0 radical (unpaired) electrons. The van der Waals surface area contributed by atoms with E-state index in [4.69, 9.17) is 22.1 Å². The number of ether oxygens (including phenoxy) is 1. The SMILES string of the molecule is CCC(CC)Nc1nc(Cl)cc(OC)c1N. The van der Waals surface area contributed by atoms with Gasteiger partial charge in [-0.25, -0.2) is 4.98 Å². The molecule has 16 heavy (non-hydrogen) atoms. The van der Waals surface area contributed by atoms with Crippen LogP contribution >= 0.6 is 11.6 Å². The molecule has 0 spiro atoms. The van der Waals surface area contributed by atoms with Crippen molar-refractivity contribution in [3.63, 3.8) is 0 Å². The van der Waals surface area contributed by atoms with Crippen LogP contribution in [-0.4, -0.2) is 18.1 Å². The first-order valence-electron chi connectivity index (χ1n) is 5.38. The lowest BCUT2D eigenvalue weighted by molar-refractivity contribution is 0.416. The van der Waals surface area contributed by atoms with E-state index in [0.29, 0.717) is 28.4 Å².